The third-order valence-electron chi connectivity index (χ3n) is 4.40. The Labute approximate surface area is 180 Å². The van der Waals surface area contributed by atoms with Crippen molar-refractivity contribution < 1.29 is 9.47 Å². The van der Waals surface area contributed by atoms with Crippen molar-refractivity contribution >= 4 is 24.0 Å². The molecule has 0 unspecified atom stereocenters. The van der Waals surface area contributed by atoms with Crippen molar-refractivity contribution in [1.29, 1.82) is 0 Å². The Bertz CT molecular complexity index is 1060. The number of aromatic nitrogens is 2. The van der Waals surface area contributed by atoms with Gasteiger partial charge in [-0.2, -0.15) is 0 Å². The number of aromatic amines is 1. The Morgan fingerprint density at radius 2 is 1.72 bits per heavy atom. The van der Waals surface area contributed by atoms with Crippen LogP contribution in [0.25, 0.3) is 22.6 Å². The average molecular weight is 427 g/mol. The molecule has 1 N–H and O–H groups in total. The van der Waals surface area contributed by atoms with Crippen LogP contribution in [0.15, 0.2) is 79.0 Å². The van der Waals surface area contributed by atoms with Gasteiger partial charge >= 0.3 is 0 Å². The Morgan fingerprint density at radius 1 is 0.966 bits per heavy atom. The van der Waals surface area contributed by atoms with Crippen LogP contribution in [0.1, 0.15) is 5.56 Å². The minimum absolute atomic E-state index is 0. The SMILES string of the molecule is COc1cc(OCc2ccc(Cl)cc2)ccc1-c1cnc(-c2ccccc2)[nH]1.Cl. The van der Waals surface area contributed by atoms with Crippen molar-refractivity contribution in [3.05, 3.63) is 89.6 Å². The van der Waals surface area contributed by atoms with Crippen molar-refractivity contribution in [2.75, 3.05) is 7.11 Å². The van der Waals surface area contributed by atoms with E-state index in [2.05, 4.69) is 9.97 Å². The van der Waals surface area contributed by atoms with E-state index in [0.717, 1.165) is 39.7 Å². The van der Waals surface area contributed by atoms with E-state index in [9.17, 15) is 0 Å². The molecule has 0 aliphatic carbocycles. The lowest BCUT2D eigenvalue weighted by molar-refractivity contribution is 0.304. The van der Waals surface area contributed by atoms with Crippen LogP contribution >= 0.6 is 24.0 Å². The summed E-state index contributed by atoms with van der Waals surface area (Å²) in [4.78, 5) is 7.85. The molecule has 4 nitrogen and oxygen atoms in total. The molecular formula is C23H20Cl2N2O2. The second-order valence-corrected chi connectivity index (χ2v) is 6.73. The molecule has 0 bridgehead atoms. The molecule has 1 aromatic heterocycles. The van der Waals surface area contributed by atoms with Gasteiger partial charge in [-0.1, -0.05) is 54.1 Å². The number of H-pyrrole nitrogens is 1. The zero-order valence-electron chi connectivity index (χ0n) is 15.8. The van der Waals surface area contributed by atoms with E-state index in [0.29, 0.717) is 11.6 Å². The maximum Gasteiger partial charge on any atom is 0.137 e. The summed E-state index contributed by atoms with van der Waals surface area (Å²) in [6, 6.07) is 23.4. The first-order valence-electron chi connectivity index (χ1n) is 8.89. The lowest BCUT2D eigenvalue weighted by Gasteiger charge is -2.11. The number of rotatable bonds is 6. The Hall–Kier alpha value is -2.95. The number of imidazole rings is 1. The molecule has 0 atom stereocenters. The smallest absolute Gasteiger partial charge is 0.137 e. The second kappa shape index (κ2) is 9.50. The highest BCUT2D eigenvalue weighted by atomic mass is 35.5. The molecule has 148 valence electrons. The van der Waals surface area contributed by atoms with Gasteiger partial charge in [-0.05, 0) is 29.8 Å². The quantitative estimate of drug-likeness (QED) is 0.387. The summed E-state index contributed by atoms with van der Waals surface area (Å²) in [5.74, 6) is 2.27. The van der Waals surface area contributed by atoms with Gasteiger partial charge in [-0.3, -0.25) is 0 Å². The highest BCUT2D eigenvalue weighted by Crippen LogP contribution is 2.33. The summed E-state index contributed by atoms with van der Waals surface area (Å²) in [6.07, 6.45) is 1.81. The third-order valence-corrected chi connectivity index (χ3v) is 4.66. The topological polar surface area (TPSA) is 47.1 Å². The van der Waals surface area contributed by atoms with Gasteiger partial charge in [-0.15, -0.1) is 12.4 Å². The van der Waals surface area contributed by atoms with Crippen LogP contribution in [0.5, 0.6) is 11.5 Å². The minimum Gasteiger partial charge on any atom is -0.496 e. The van der Waals surface area contributed by atoms with Gasteiger partial charge in [0, 0.05) is 22.2 Å². The van der Waals surface area contributed by atoms with E-state index in [4.69, 9.17) is 21.1 Å². The van der Waals surface area contributed by atoms with E-state index in [1.165, 1.54) is 0 Å². The van der Waals surface area contributed by atoms with Crippen molar-refractivity contribution in [3.8, 4) is 34.1 Å². The number of hydrogen-bond acceptors (Lipinski definition) is 3. The average Bonchev–Trinajstić information content (AvgIpc) is 3.24. The largest absolute Gasteiger partial charge is 0.496 e. The fourth-order valence-electron chi connectivity index (χ4n) is 2.93. The molecule has 0 saturated carbocycles. The highest BCUT2D eigenvalue weighted by Gasteiger charge is 2.11. The number of nitrogens with zero attached hydrogens (tertiary/aromatic N) is 1. The van der Waals surface area contributed by atoms with Crippen LogP contribution in [0.2, 0.25) is 5.02 Å². The standard InChI is InChI=1S/C23H19ClN2O2.ClH/c1-27-22-13-19(28-15-16-7-9-18(24)10-8-16)11-12-20(22)21-14-25-23(26-21)17-5-3-2-4-6-17;/h2-14H,15H2,1H3,(H,25,26);1H. The Kier molecular flexibility index (Phi) is 6.81. The first kappa shape index (κ1) is 20.8. The van der Waals surface area contributed by atoms with Crippen LogP contribution in [0.4, 0.5) is 0 Å². The number of benzene rings is 3. The number of methoxy groups -OCH3 is 1. The number of ether oxygens (including phenoxy) is 2. The lowest BCUT2D eigenvalue weighted by atomic mass is 10.1. The first-order chi connectivity index (χ1) is 13.7. The van der Waals surface area contributed by atoms with Crippen LogP contribution in [0, 0.1) is 0 Å². The molecule has 29 heavy (non-hydrogen) atoms. The van der Waals surface area contributed by atoms with Crippen LogP contribution in [-0.2, 0) is 6.61 Å². The fraction of sp³-hybridized carbons (Fsp3) is 0.0870. The predicted molar refractivity (Wildman–Crippen MR) is 119 cm³/mol. The molecule has 4 aromatic rings. The van der Waals surface area contributed by atoms with Gasteiger partial charge in [0.25, 0.3) is 0 Å². The van der Waals surface area contributed by atoms with Gasteiger partial charge in [0.15, 0.2) is 0 Å². The van der Waals surface area contributed by atoms with E-state index in [-0.39, 0.29) is 12.4 Å². The molecule has 4 rings (SSSR count). The molecule has 1 heterocycles. The Balaban J connectivity index is 0.00000240. The maximum atomic E-state index is 5.92. The second-order valence-electron chi connectivity index (χ2n) is 6.29. The monoisotopic (exact) mass is 426 g/mol. The summed E-state index contributed by atoms with van der Waals surface area (Å²) >= 11 is 5.92. The zero-order valence-corrected chi connectivity index (χ0v) is 17.3. The van der Waals surface area contributed by atoms with E-state index < -0.39 is 0 Å². The van der Waals surface area contributed by atoms with Gasteiger partial charge < -0.3 is 14.5 Å². The number of nitrogens with one attached hydrogen (secondary N) is 1. The summed E-state index contributed by atoms with van der Waals surface area (Å²) < 4.78 is 11.5. The van der Waals surface area contributed by atoms with Gasteiger partial charge in [0.05, 0.1) is 19.0 Å². The summed E-state index contributed by atoms with van der Waals surface area (Å²) in [7, 11) is 1.65. The molecule has 0 spiro atoms. The molecule has 0 aliphatic heterocycles. The molecule has 3 aromatic carbocycles. The Morgan fingerprint density at radius 3 is 2.45 bits per heavy atom. The molecule has 0 saturated heterocycles. The molecule has 0 aliphatic rings. The van der Waals surface area contributed by atoms with Gasteiger partial charge in [0.2, 0.25) is 0 Å². The third kappa shape index (κ3) is 4.91. The van der Waals surface area contributed by atoms with E-state index in [1.807, 2.05) is 79.0 Å². The summed E-state index contributed by atoms with van der Waals surface area (Å²) in [5.41, 5.74) is 3.90. The zero-order chi connectivity index (χ0) is 19.3. The fourth-order valence-corrected chi connectivity index (χ4v) is 3.06. The summed E-state index contributed by atoms with van der Waals surface area (Å²) in [5, 5.41) is 0.712. The van der Waals surface area contributed by atoms with Crippen molar-refractivity contribution in [2.45, 2.75) is 6.61 Å². The minimum atomic E-state index is 0. The normalized spacial score (nSPS) is 10.3. The molecule has 0 fully saturated rings. The van der Waals surface area contributed by atoms with Crippen LogP contribution in [0.3, 0.4) is 0 Å². The molecule has 0 amide bonds. The van der Waals surface area contributed by atoms with Crippen molar-refractivity contribution in [3.63, 3.8) is 0 Å². The van der Waals surface area contributed by atoms with Crippen LogP contribution < -0.4 is 9.47 Å². The molecular weight excluding hydrogens is 407 g/mol. The molecule has 6 heteroatoms. The first-order valence-corrected chi connectivity index (χ1v) is 9.27. The maximum absolute atomic E-state index is 5.92. The van der Waals surface area contributed by atoms with Crippen molar-refractivity contribution in [1.82, 2.24) is 9.97 Å². The predicted octanol–water partition coefficient (Wildman–Crippen LogP) is 6.41. The van der Waals surface area contributed by atoms with Gasteiger partial charge in [0.1, 0.15) is 23.9 Å². The van der Waals surface area contributed by atoms with Crippen molar-refractivity contribution in [2.24, 2.45) is 0 Å². The van der Waals surface area contributed by atoms with Crippen LogP contribution in [-0.4, -0.2) is 17.1 Å². The lowest BCUT2D eigenvalue weighted by Crippen LogP contribution is -1.96. The van der Waals surface area contributed by atoms with E-state index >= 15 is 0 Å². The number of halogens is 2. The number of hydrogen-bond donors (Lipinski definition) is 1. The van der Waals surface area contributed by atoms with Gasteiger partial charge in [-0.25, -0.2) is 4.98 Å². The highest BCUT2D eigenvalue weighted by molar-refractivity contribution is 6.30. The van der Waals surface area contributed by atoms with E-state index in [1.54, 1.807) is 7.11 Å². The molecule has 0 radical (unpaired) electrons. The summed E-state index contributed by atoms with van der Waals surface area (Å²) in [6.45, 7) is 0.460.